The summed E-state index contributed by atoms with van der Waals surface area (Å²) in [7, 11) is 0. The molecule has 2 aromatic heterocycles. The lowest BCUT2D eigenvalue weighted by Crippen LogP contribution is -2.41. The fourth-order valence-corrected chi connectivity index (χ4v) is 2.66. The molecule has 0 bridgehead atoms. The molecular weight excluding hydrogens is 284 g/mol. The maximum absolute atomic E-state index is 12.4. The van der Waals surface area contributed by atoms with E-state index in [1.807, 2.05) is 18.2 Å². The Kier molecular flexibility index (Phi) is 3.08. The summed E-state index contributed by atoms with van der Waals surface area (Å²) in [5.74, 6) is -0.0913. The predicted molar refractivity (Wildman–Crippen MR) is 76.7 cm³/mol. The molecule has 0 spiro atoms. The number of hydrogen-bond acceptors (Lipinski definition) is 6. The van der Waals surface area contributed by atoms with Crippen LogP contribution in [0.1, 0.15) is 23.0 Å². The van der Waals surface area contributed by atoms with Crippen LogP contribution < -0.4 is 10.6 Å². The lowest BCUT2D eigenvalue weighted by molar-refractivity contribution is -0.123. The van der Waals surface area contributed by atoms with Crippen molar-refractivity contribution in [3.63, 3.8) is 0 Å². The smallest absolute Gasteiger partial charge is 0.243 e. The summed E-state index contributed by atoms with van der Waals surface area (Å²) < 4.78 is 4.66. The number of nitrogens with zero attached hydrogens (tertiary/aromatic N) is 3. The van der Waals surface area contributed by atoms with E-state index in [1.54, 1.807) is 6.33 Å². The van der Waals surface area contributed by atoms with Crippen LogP contribution in [0, 0.1) is 0 Å². The van der Waals surface area contributed by atoms with Crippen LogP contribution in [0.15, 0.2) is 29.2 Å². The highest BCUT2D eigenvalue weighted by atomic mass is 16.6. The maximum Gasteiger partial charge on any atom is 0.243 e. The Morgan fingerprint density at radius 1 is 1.36 bits per heavy atom. The van der Waals surface area contributed by atoms with Crippen molar-refractivity contribution in [2.24, 2.45) is 0 Å². The zero-order chi connectivity index (χ0) is 14.9. The van der Waals surface area contributed by atoms with Gasteiger partial charge in [0.15, 0.2) is 0 Å². The normalized spacial score (nSPS) is 17.4. The molecule has 22 heavy (non-hydrogen) atoms. The first-order chi connectivity index (χ1) is 10.8. The summed E-state index contributed by atoms with van der Waals surface area (Å²) in [5.41, 5.74) is 4.12. The van der Waals surface area contributed by atoms with Crippen molar-refractivity contribution in [2.45, 2.75) is 19.0 Å². The lowest BCUT2D eigenvalue weighted by Gasteiger charge is -2.22. The van der Waals surface area contributed by atoms with Crippen molar-refractivity contribution in [3.05, 3.63) is 41.5 Å². The Labute approximate surface area is 125 Å². The Balaban J connectivity index is 1.46. The Hall–Kier alpha value is -2.74. The number of carbonyl (C=O) groups is 1. The predicted octanol–water partition coefficient (Wildman–Crippen LogP) is 0.449. The average Bonchev–Trinajstić information content (AvgIpc) is 3.20. The number of carbonyl (C=O) groups excluding carboxylic acids is 1. The van der Waals surface area contributed by atoms with E-state index < -0.39 is 6.04 Å². The number of fused-ring (bicyclic) bond motifs is 2. The van der Waals surface area contributed by atoms with Gasteiger partial charge in [0.2, 0.25) is 5.91 Å². The van der Waals surface area contributed by atoms with E-state index in [4.69, 9.17) is 0 Å². The van der Waals surface area contributed by atoms with Gasteiger partial charge in [0.1, 0.15) is 17.1 Å². The minimum atomic E-state index is -0.410. The SMILES string of the molecule is O=C(NCc1ccc2nonc2c1)[C@@H]1NCCc2[nH]cnc21. The molecule has 3 aromatic rings. The van der Waals surface area contributed by atoms with Crippen LogP contribution >= 0.6 is 0 Å². The zero-order valence-corrected chi connectivity index (χ0v) is 11.7. The van der Waals surface area contributed by atoms with E-state index in [2.05, 4.69) is 35.5 Å². The molecule has 3 heterocycles. The van der Waals surface area contributed by atoms with Crippen molar-refractivity contribution < 1.29 is 9.42 Å². The zero-order valence-electron chi connectivity index (χ0n) is 11.7. The number of rotatable bonds is 3. The van der Waals surface area contributed by atoms with Gasteiger partial charge < -0.3 is 15.6 Å². The monoisotopic (exact) mass is 298 g/mol. The maximum atomic E-state index is 12.4. The van der Waals surface area contributed by atoms with E-state index in [9.17, 15) is 4.79 Å². The number of amides is 1. The Bertz CT molecular complexity index is 823. The van der Waals surface area contributed by atoms with Gasteiger partial charge in [-0.2, -0.15) is 0 Å². The minimum Gasteiger partial charge on any atom is -0.350 e. The first-order valence-corrected chi connectivity index (χ1v) is 7.06. The molecule has 0 fully saturated rings. The van der Waals surface area contributed by atoms with Crippen molar-refractivity contribution in [2.75, 3.05) is 6.54 Å². The molecule has 1 aliphatic heterocycles. The molecule has 8 heteroatoms. The molecule has 4 rings (SSSR count). The van der Waals surface area contributed by atoms with Gasteiger partial charge in [-0.05, 0) is 28.0 Å². The highest BCUT2D eigenvalue weighted by Crippen LogP contribution is 2.19. The van der Waals surface area contributed by atoms with Crippen molar-refractivity contribution in [3.8, 4) is 0 Å². The summed E-state index contributed by atoms with van der Waals surface area (Å²) in [6, 6.07) is 5.15. The van der Waals surface area contributed by atoms with Crippen LogP contribution in [0.3, 0.4) is 0 Å². The van der Waals surface area contributed by atoms with Crippen LogP contribution in [0.5, 0.6) is 0 Å². The molecule has 1 aromatic carbocycles. The molecule has 0 radical (unpaired) electrons. The van der Waals surface area contributed by atoms with Crippen LogP contribution in [0.25, 0.3) is 11.0 Å². The highest BCUT2D eigenvalue weighted by molar-refractivity contribution is 5.83. The lowest BCUT2D eigenvalue weighted by atomic mass is 10.0. The number of aromatic nitrogens is 4. The molecule has 0 unspecified atom stereocenters. The van der Waals surface area contributed by atoms with Crippen LogP contribution in [0.4, 0.5) is 0 Å². The molecule has 3 N–H and O–H groups in total. The van der Waals surface area contributed by atoms with Gasteiger partial charge in [0.05, 0.1) is 12.0 Å². The van der Waals surface area contributed by atoms with Gasteiger partial charge in [0.25, 0.3) is 0 Å². The van der Waals surface area contributed by atoms with Gasteiger partial charge in [-0.15, -0.1) is 0 Å². The molecule has 0 saturated carbocycles. The highest BCUT2D eigenvalue weighted by Gasteiger charge is 2.28. The van der Waals surface area contributed by atoms with Gasteiger partial charge >= 0.3 is 0 Å². The Morgan fingerprint density at radius 3 is 3.23 bits per heavy atom. The number of aromatic amines is 1. The third-order valence-electron chi connectivity index (χ3n) is 3.80. The number of hydrogen-bond donors (Lipinski definition) is 3. The standard InChI is InChI=1S/C14H14N6O2/c21-14(13-12-10(3-4-15-13)17-7-18-12)16-6-8-1-2-9-11(5-8)20-22-19-9/h1-2,5,7,13,15H,3-4,6H2,(H,16,21)(H,17,18)/t13-/m1/s1. The summed E-state index contributed by atoms with van der Waals surface area (Å²) in [6.07, 6.45) is 2.48. The topological polar surface area (TPSA) is 109 Å². The van der Waals surface area contributed by atoms with Crippen molar-refractivity contribution in [1.82, 2.24) is 30.9 Å². The molecule has 0 aliphatic carbocycles. The fraction of sp³-hybridized carbons (Fsp3) is 0.286. The number of nitrogens with one attached hydrogen (secondary N) is 3. The minimum absolute atomic E-state index is 0.0913. The summed E-state index contributed by atoms with van der Waals surface area (Å²) in [4.78, 5) is 19.7. The van der Waals surface area contributed by atoms with Gasteiger partial charge in [0, 0.05) is 25.2 Å². The third kappa shape index (κ3) is 2.23. The van der Waals surface area contributed by atoms with E-state index in [-0.39, 0.29) is 5.91 Å². The van der Waals surface area contributed by atoms with Crippen LogP contribution in [-0.2, 0) is 17.8 Å². The van der Waals surface area contributed by atoms with Crippen molar-refractivity contribution >= 4 is 16.9 Å². The summed E-state index contributed by atoms with van der Waals surface area (Å²) >= 11 is 0. The van der Waals surface area contributed by atoms with Gasteiger partial charge in [-0.3, -0.25) is 4.79 Å². The largest absolute Gasteiger partial charge is 0.350 e. The number of H-pyrrole nitrogens is 1. The van der Waals surface area contributed by atoms with Crippen molar-refractivity contribution in [1.29, 1.82) is 0 Å². The quantitative estimate of drug-likeness (QED) is 0.648. The fourth-order valence-electron chi connectivity index (χ4n) is 2.66. The summed E-state index contributed by atoms with van der Waals surface area (Å²) in [5, 5.41) is 13.7. The van der Waals surface area contributed by atoms with E-state index in [0.717, 1.165) is 29.9 Å². The van der Waals surface area contributed by atoms with Crippen LogP contribution in [0.2, 0.25) is 0 Å². The summed E-state index contributed by atoms with van der Waals surface area (Å²) in [6.45, 7) is 1.17. The van der Waals surface area contributed by atoms with Crippen LogP contribution in [-0.4, -0.2) is 32.7 Å². The third-order valence-corrected chi connectivity index (χ3v) is 3.80. The van der Waals surface area contributed by atoms with Gasteiger partial charge in [-0.1, -0.05) is 6.07 Å². The first kappa shape index (κ1) is 13.0. The van der Waals surface area contributed by atoms with E-state index >= 15 is 0 Å². The second-order valence-electron chi connectivity index (χ2n) is 5.21. The Morgan fingerprint density at radius 2 is 2.27 bits per heavy atom. The molecule has 1 aliphatic rings. The second-order valence-corrected chi connectivity index (χ2v) is 5.21. The van der Waals surface area contributed by atoms with Gasteiger partial charge in [-0.25, -0.2) is 9.61 Å². The molecule has 1 atom stereocenters. The number of imidazole rings is 1. The first-order valence-electron chi connectivity index (χ1n) is 7.06. The number of benzene rings is 1. The van der Waals surface area contributed by atoms with E-state index in [0.29, 0.717) is 17.6 Å². The van der Waals surface area contributed by atoms with E-state index in [1.165, 1.54) is 0 Å². The molecule has 1 amide bonds. The molecule has 8 nitrogen and oxygen atoms in total. The molecule has 112 valence electrons. The molecular formula is C14H14N6O2. The average molecular weight is 298 g/mol. The second kappa shape index (κ2) is 5.23. The molecule has 0 saturated heterocycles.